The molecule has 0 spiro atoms. The smallest absolute Gasteiger partial charge is 0.221 e. The molecule has 1 nitrogen and oxygen atoms in total. The van der Waals surface area contributed by atoms with Crippen LogP contribution in [-0.2, 0) is 11.2 Å². The van der Waals surface area contributed by atoms with Crippen LogP contribution in [-0.4, -0.2) is 5.24 Å². The van der Waals surface area contributed by atoms with Gasteiger partial charge in [0, 0.05) is 6.42 Å². The minimum absolute atomic E-state index is 0.294. The van der Waals surface area contributed by atoms with E-state index in [0.717, 1.165) is 24.0 Å². The first-order valence-corrected chi connectivity index (χ1v) is 7.43. The summed E-state index contributed by atoms with van der Waals surface area (Å²) in [5.41, 5.74) is 3.30. The SMILES string of the molecule is O=C(Cl)CCCc1ccccc1-c1ccc(Cl)c(Cl)c1. The van der Waals surface area contributed by atoms with Crippen molar-refractivity contribution >= 4 is 40.0 Å². The normalized spacial score (nSPS) is 10.6. The summed E-state index contributed by atoms with van der Waals surface area (Å²) in [6.45, 7) is 0. The monoisotopic (exact) mass is 326 g/mol. The number of hydrogen-bond donors (Lipinski definition) is 0. The van der Waals surface area contributed by atoms with Crippen molar-refractivity contribution in [2.24, 2.45) is 0 Å². The van der Waals surface area contributed by atoms with Gasteiger partial charge in [-0.05, 0) is 53.3 Å². The highest BCUT2D eigenvalue weighted by Crippen LogP contribution is 2.31. The van der Waals surface area contributed by atoms with E-state index in [0.29, 0.717) is 16.5 Å². The minimum atomic E-state index is -0.294. The summed E-state index contributed by atoms with van der Waals surface area (Å²) in [4.78, 5) is 10.8. The summed E-state index contributed by atoms with van der Waals surface area (Å²) in [6.07, 6.45) is 1.92. The molecule has 2 aromatic carbocycles. The Kier molecular flexibility index (Phi) is 5.47. The van der Waals surface area contributed by atoms with Crippen molar-refractivity contribution in [2.75, 3.05) is 0 Å². The summed E-state index contributed by atoms with van der Waals surface area (Å²) in [5, 5.41) is 0.785. The number of halogens is 3. The lowest BCUT2D eigenvalue weighted by Gasteiger charge is -2.10. The highest BCUT2D eigenvalue weighted by molar-refractivity contribution is 6.63. The zero-order valence-corrected chi connectivity index (χ0v) is 13.0. The molecule has 20 heavy (non-hydrogen) atoms. The molecule has 0 saturated carbocycles. The van der Waals surface area contributed by atoms with Crippen molar-refractivity contribution in [3.63, 3.8) is 0 Å². The third-order valence-electron chi connectivity index (χ3n) is 3.07. The van der Waals surface area contributed by atoms with Crippen LogP contribution in [0.4, 0.5) is 0 Å². The molecule has 2 rings (SSSR count). The van der Waals surface area contributed by atoms with Crippen molar-refractivity contribution in [2.45, 2.75) is 19.3 Å². The molecule has 0 atom stereocenters. The van der Waals surface area contributed by atoms with E-state index in [2.05, 4.69) is 6.07 Å². The van der Waals surface area contributed by atoms with Crippen molar-refractivity contribution in [3.8, 4) is 11.1 Å². The molecule has 0 fully saturated rings. The topological polar surface area (TPSA) is 17.1 Å². The lowest BCUT2D eigenvalue weighted by atomic mass is 9.96. The standard InChI is InChI=1S/C16H13Cl3O/c17-14-9-8-12(10-15(14)18)13-6-2-1-4-11(13)5-3-7-16(19)20/h1-2,4,6,8-10H,3,5,7H2. The van der Waals surface area contributed by atoms with Crippen LogP contribution in [0.5, 0.6) is 0 Å². The molecule has 0 amide bonds. The number of benzene rings is 2. The van der Waals surface area contributed by atoms with Crippen molar-refractivity contribution in [1.82, 2.24) is 0 Å². The van der Waals surface area contributed by atoms with Gasteiger partial charge in [-0.3, -0.25) is 4.79 Å². The first-order valence-electron chi connectivity index (χ1n) is 6.29. The number of aryl methyl sites for hydroxylation is 1. The molecule has 2 aromatic rings. The quantitative estimate of drug-likeness (QED) is 0.639. The molecular formula is C16H13Cl3O. The average molecular weight is 328 g/mol. The maximum atomic E-state index is 10.8. The zero-order chi connectivity index (χ0) is 14.5. The predicted octanol–water partition coefficient (Wildman–Crippen LogP) is 5.75. The Bertz CT molecular complexity index is 623. The van der Waals surface area contributed by atoms with Gasteiger partial charge in [0.15, 0.2) is 0 Å². The number of carbonyl (C=O) groups excluding carboxylic acids is 1. The fourth-order valence-corrected chi connectivity index (χ4v) is 2.53. The third kappa shape index (κ3) is 3.99. The Morgan fingerprint density at radius 2 is 1.75 bits per heavy atom. The van der Waals surface area contributed by atoms with Gasteiger partial charge in [0.05, 0.1) is 10.0 Å². The van der Waals surface area contributed by atoms with Gasteiger partial charge >= 0.3 is 0 Å². The molecule has 0 saturated heterocycles. The Morgan fingerprint density at radius 3 is 2.45 bits per heavy atom. The molecule has 0 aliphatic rings. The van der Waals surface area contributed by atoms with E-state index in [-0.39, 0.29) is 5.24 Å². The van der Waals surface area contributed by atoms with E-state index in [1.54, 1.807) is 6.07 Å². The second-order valence-corrected chi connectivity index (χ2v) is 5.73. The summed E-state index contributed by atoms with van der Waals surface area (Å²) in [6, 6.07) is 13.6. The van der Waals surface area contributed by atoms with Crippen LogP contribution in [0, 0.1) is 0 Å². The molecule has 0 radical (unpaired) electrons. The van der Waals surface area contributed by atoms with Crippen molar-refractivity contribution in [1.29, 1.82) is 0 Å². The molecule has 0 unspecified atom stereocenters. The lowest BCUT2D eigenvalue weighted by molar-refractivity contribution is -0.111. The van der Waals surface area contributed by atoms with Gasteiger partial charge in [0.1, 0.15) is 0 Å². The molecule has 0 N–H and O–H groups in total. The van der Waals surface area contributed by atoms with E-state index in [4.69, 9.17) is 34.8 Å². The van der Waals surface area contributed by atoms with Crippen LogP contribution in [0.15, 0.2) is 42.5 Å². The van der Waals surface area contributed by atoms with Crippen LogP contribution < -0.4 is 0 Å². The fourth-order valence-electron chi connectivity index (χ4n) is 2.10. The summed E-state index contributed by atoms with van der Waals surface area (Å²) >= 11 is 17.4. The molecule has 0 aliphatic carbocycles. The molecular weight excluding hydrogens is 315 g/mol. The van der Waals surface area contributed by atoms with E-state index >= 15 is 0 Å². The van der Waals surface area contributed by atoms with E-state index in [1.807, 2.05) is 30.3 Å². The number of hydrogen-bond acceptors (Lipinski definition) is 1. The largest absolute Gasteiger partial charge is 0.281 e. The van der Waals surface area contributed by atoms with Gasteiger partial charge in [-0.25, -0.2) is 0 Å². The first kappa shape index (κ1) is 15.4. The lowest BCUT2D eigenvalue weighted by Crippen LogP contribution is -1.93. The second-order valence-electron chi connectivity index (χ2n) is 4.49. The first-order chi connectivity index (χ1) is 9.58. The van der Waals surface area contributed by atoms with Crippen molar-refractivity contribution < 1.29 is 4.79 Å². The third-order valence-corrected chi connectivity index (χ3v) is 4.00. The number of carbonyl (C=O) groups is 1. The molecule has 104 valence electrons. The highest BCUT2D eigenvalue weighted by atomic mass is 35.5. The van der Waals surface area contributed by atoms with Gasteiger partial charge in [-0.15, -0.1) is 0 Å². The fraction of sp³-hybridized carbons (Fsp3) is 0.188. The van der Waals surface area contributed by atoms with Gasteiger partial charge in [0.2, 0.25) is 5.24 Å². The summed E-state index contributed by atoms with van der Waals surface area (Å²) in [7, 11) is 0. The molecule has 0 aromatic heterocycles. The molecule has 0 aliphatic heterocycles. The van der Waals surface area contributed by atoms with E-state index in [1.165, 1.54) is 5.56 Å². The minimum Gasteiger partial charge on any atom is -0.281 e. The van der Waals surface area contributed by atoms with Gasteiger partial charge in [-0.1, -0.05) is 53.5 Å². The second kappa shape index (κ2) is 7.12. The predicted molar refractivity (Wildman–Crippen MR) is 85.7 cm³/mol. The maximum absolute atomic E-state index is 10.8. The molecule has 4 heteroatoms. The summed E-state index contributed by atoms with van der Waals surface area (Å²) < 4.78 is 0. The Balaban J connectivity index is 2.26. The van der Waals surface area contributed by atoms with Crippen LogP contribution >= 0.6 is 34.8 Å². The molecule has 0 heterocycles. The van der Waals surface area contributed by atoms with Crippen LogP contribution in [0.1, 0.15) is 18.4 Å². The van der Waals surface area contributed by atoms with Gasteiger partial charge in [-0.2, -0.15) is 0 Å². The van der Waals surface area contributed by atoms with Gasteiger partial charge < -0.3 is 0 Å². The van der Waals surface area contributed by atoms with Crippen LogP contribution in [0.3, 0.4) is 0 Å². The van der Waals surface area contributed by atoms with E-state index in [9.17, 15) is 4.79 Å². The van der Waals surface area contributed by atoms with Gasteiger partial charge in [0.25, 0.3) is 0 Å². The van der Waals surface area contributed by atoms with Crippen molar-refractivity contribution in [3.05, 3.63) is 58.1 Å². The van der Waals surface area contributed by atoms with E-state index < -0.39 is 0 Å². The molecule has 0 bridgehead atoms. The Morgan fingerprint density at radius 1 is 1.00 bits per heavy atom. The highest BCUT2D eigenvalue weighted by Gasteiger charge is 2.07. The summed E-state index contributed by atoms with van der Waals surface area (Å²) in [5.74, 6) is 0. The zero-order valence-electron chi connectivity index (χ0n) is 10.7. The number of rotatable bonds is 5. The Labute approximate surface area is 133 Å². The Hall–Kier alpha value is -1.02. The maximum Gasteiger partial charge on any atom is 0.221 e. The average Bonchev–Trinajstić information content (AvgIpc) is 2.42. The van der Waals surface area contributed by atoms with Crippen LogP contribution in [0.25, 0.3) is 11.1 Å². The van der Waals surface area contributed by atoms with Crippen LogP contribution in [0.2, 0.25) is 10.0 Å².